The van der Waals surface area contributed by atoms with Crippen molar-refractivity contribution in [3.05, 3.63) is 101 Å². The first-order valence-electron chi connectivity index (χ1n) is 12.9. The highest BCUT2D eigenvalue weighted by Crippen LogP contribution is 2.36. The Labute approximate surface area is 242 Å². The highest BCUT2D eigenvalue weighted by Gasteiger charge is 2.23. The lowest BCUT2D eigenvalue weighted by Gasteiger charge is -2.14. The van der Waals surface area contributed by atoms with Crippen molar-refractivity contribution in [2.45, 2.75) is 18.9 Å². The zero-order valence-electron chi connectivity index (χ0n) is 22.5. The number of hydrogen-bond donors (Lipinski definition) is 1. The Morgan fingerprint density at radius 3 is 2.34 bits per heavy atom. The highest BCUT2D eigenvalue weighted by atomic mass is 32.2. The van der Waals surface area contributed by atoms with Crippen LogP contribution in [0.4, 0.5) is 5.82 Å². The van der Waals surface area contributed by atoms with E-state index in [9.17, 15) is 15.3 Å². The number of nitriles is 2. The topological polar surface area (TPSA) is 126 Å². The standard InChI is InChI=1S/C33H25N5O2S/c1-3-40-24-13-14-28-23(15-24)16-25(31(37-28)22-7-5-4-6-8-22)29(39)19-41-33-27(18-35)30(26(17-34)32(36)38-33)21-11-9-20(2)10-12-21/h4-16H,3,19H2,1-2H3,(H2,36,38). The van der Waals surface area contributed by atoms with Crippen LogP contribution in [0.25, 0.3) is 33.3 Å². The molecule has 5 aromatic rings. The van der Waals surface area contributed by atoms with Crippen molar-refractivity contribution in [1.29, 1.82) is 10.5 Å². The van der Waals surface area contributed by atoms with E-state index >= 15 is 0 Å². The molecule has 0 saturated carbocycles. The molecule has 0 aliphatic carbocycles. The number of aryl methyl sites for hydroxylation is 1. The number of nitrogen functional groups attached to an aromatic ring is 1. The van der Waals surface area contributed by atoms with E-state index in [1.54, 1.807) is 0 Å². The molecule has 0 saturated heterocycles. The molecule has 0 fully saturated rings. The van der Waals surface area contributed by atoms with Crippen LogP contribution in [0, 0.1) is 29.6 Å². The zero-order valence-corrected chi connectivity index (χ0v) is 23.3. The molecule has 0 atom stereocenters. The number of rotatable bonds is 8. The van der Waals surface area contributed by atoms with E-state index in [2.05, 4.69) is 17.1 Å². The first-order valence-corrected chi connectivity index (χ1v) is 13.9. The summed E-state index contributed by atoms with van der Waals surface area (Å²) in [5.41, 5.74) is 11.2. The number of nitrogens with zero attached hydrogens (tertiary/aromatic N) is 4. The molecule has 8 heteroatoms. The van der Waals surface area contributed by atoms with Gasteiger partial charge in [0.15, 0.2) is 5.78 Å². The van der Waals surface area contributed by atoms with Gasteiger partial charge in [-0.1, -0.05) is 71.9 Å². The molecule has 0 unspecified atom stereocenters. The summed E-state index contributed by atoms with van der Waals surface area (Å²) >= 11 is 1.12. The van der Waals surface area contributed by atoms with Gasteiger partial charge in [0.2, 0.25) is 0 Å². The monoisotopic (exact) mass is 555 g/mol. The quantitative estimate of drug-likeness (QED) is 0.161. The molecule has 0 aliphatic heterocycles. The van der Waals surface area contributed by atoms with Crippen molar-refractivity contribution in [2.75, 3.05) is 18.1 Å². The van der Waals surface area contributed by atoms with Crippen LogP contribution in [0.3, 0.4) is 0 Å². The Morgan fingerprint density at radius 2 is 1.66 bits per heavy atom. The van der Waals surface area contributed by atoms with Gasteiger partial charge in [0.25, 0.3) is 0 Å². The van der Waals surface area contributed by atoms with Gasteiger partial charge in [-0.2, -0.15) is 10.5 Å². The molecule has 5 rings (SSSR count). The lowest BCUT2D eigenvalue weighted by Crippen LogP contribution is -2.08. The largest absolute Gasteiger partial charge is 0.494 e. The number of Topliss-reactive ketones (excluding diaryl/α,β-unsaturated/α-hetero) is 1. The van der Waals surface area contributed by atoms with E-state index in [-0.39, 0.29) is 28.5 Å². The van der Waals surface area contributed by atoms with Gasteiger partial charge < -0.3 is 10.5 Å². The lowest BCUT2D eigenvalue weighted by atomic mass is 9.96. The lowest BCUT2D eigenvalue weighted by molar-refractivity contribution is 0.102. The number of anilines is 1. The molecule has 0 bridgehead atoms. The summed E-state index contributed by atoms with van der Waals surface area (Å²) in [6.45, 7) is 4.39. The third-order valence-corrected chi connectivity index (χ3v) is 7.52. The molecule has 0 amide bonds. The number of carbonyl (C=O) groups excluding carboxylic acids is 1. The van der Waals surface area contributed by atoms with Gasteiger partial charge in [0.05, 0.1) is 29.1 Å². The average molecular weight is 556 g/mol. The maximum atomic E-state index is 13.8. The fourth-order valence-corrected chi connectivity index (χ4v) is 5.44. The summed E-state index contributed by atoms with van der Waals surface area (Å²) in [4.78, 5) is 23.0. The molecule has 200 valence electrons. The molecule has 41 heavy (non-hydrogen) atoms. The second kappa shape index (κ2) is 11.9. The molecule has 0 aliphatic rings. The van der Waals surface area contributed by atoms with Gasteiger partial charge in [-0.3, -0.25) is 4.79 Å². The van der Waals surface area contributed by atoms with Crippen molar-refractivity contribution in [1.82, 2.24) is 9.97 Å². The summed E-state index contributed by atoms with van der Waals surface area (Å²) in [5, 5.41) is 21.0. The summed E-state index contributed by atoms with van der Waals surface area (Å²) < 4.78 is 5.65. The van der Waals surface area contributed by atoms with E-state index < -0.39 is 0 Å². The number of fused-ring (bicyclic) bond motifs is 1. The third-order valence-electron chi connectivity index (χ3n) is 6.54. The number of aromatic nitrogens is 2. The number of carbonyl (C=O) groups is 1. The minimum atomic E-state index is -0.185. The van der Waals surface area contributed by atoms with Gasteiger partial charge in [-0.15, -0.1) is 0 Å². The first kappa shape index (κ1) is 27.4. The molecular weight excluding hydrogens is 530 g/mol. The van der Waals surface area contributed by atoms with Gasteiger partial charge >= 0.3 is 0 Å². The number of benzene rings is 3. The number of ether oxygens (including phenoxy) is 1. The van der Waals surface area contributed by atoms with E-state index in [1.807, 2.05) is 92.7 Å². The third kappa shape index (κ3) is 5.60. The minimum absolute atomic E-state index is 0.0119. The van der Waals surface area contributed by atoms with Gasteiger partial charge in [-0.25, -0.2) is 9.97 Å². The molecule has 2 heterocycles. The Hall–Kier alpha value is -5.18. The summed E-state index contributed by atoms with van der Waals surface area (Å²) in [6, 6.07) is 28.8. The van der Waals surface area contributed by atoms with Crippen LogP contribution in [-0.4, -0.2) is 28.1 Å². The Balaban J connectivity index is 1.56. The number of ketones is 1. The van der Waals surface area contributed by atoms with Gasteiger partial charge in [0, 0.05) is 22.1 Å². The molecule has 0 spiro atoms. The minimum Gasteiger partial charge on any atom is -0.494 e. The average Bonchev–Trinajstić information content (AvgIpc) is 2.99. The van der Waals surface area contributed by atoms with Crippen LogP contribution in [0.15, 0.2) is 83.9 Å². The normalized spacial score (nSPS) is 10.6. The molecule has 7 nitrogen and oxygen atoms in total. The Bertz CT molecular complexity index is 1860. The van der Waals surface area contributed by atoms with Crippen molar-refractivity contribution in [3.63, 3.8) is 0 Å². The van der Waals surface area contributed by atoms with Crippen molar-refractivity contribution >= 4 is 34.3 Å². The van der Waals surface area contributed by atoms with E-state index in [0.717, 1.165) is 33.8 Å². The van der Waals surface area contributed by atoms with Crippen LogP contribution in [0.2, 0.25) is 0 Å². The van der Waals surface area contributed by atoms with E-state index in [1.165, 1.54) is 0 Å². The second-order valence-electron chi connectivity index (χ2n) is 9.27. The molecule has 3 aromatic carbocycles. The maximum Gasteiger partial charge on any atom is 0.175 e. The number of nitrogens with two attached hydrogens (primary N) is 1. The summed E-state index contributed by atoms with van der Waals surface area (Å²) in [6.07, 6.45) is 0. The molecule has 0 radical (unpaired) electrons. The van der Waals surface area contributed by atoms with Crippen molar-refractivity contribution in [3.8, 4) is 40.3 Å². The number of hydrogen-bond acceptors (Lipinski definition) is 8. The summed E-state index contributed by atoms with van der Waals surface area (Å²) in [7, 11) is 0. The van der Waals surface area contributed by atoms with Gasteiger partial charge in [-0.05, 0) is 43.7 Å². The SMILES string of the molecule is CCOc1ccc2nc(-c3ccccc3)c(C(=O)CSc3nc(N)c(C#N)c(-c4ccc(C)cc4)c3C#N)cc2c1. The highest BCUT2D eigenvalue weighted by molar-refractivity contribution is 8.00. The van der Waals surface area contributed by atoms with Crippen LogP contribution in [0.1, 0.15) is 34.0 Å². The van der Waals surface area contributed by atoms with E-state index in [4.69, 9.17) is 15.5 Å². The number of pyridine rings is 2. The van der Waals surface area contributed by atoms with Gasteiger partial charge in [0.1, 0.15) is 34.3 Å². The molecule has 2 aromatic heterocycles. The smallest absolute Gasteiger partial charge is 0.175 e. The van der Waals surface area contributed by atoms with Crippen LogP contribution >= 0.6 is 11.8 Å². The first-order chi connectivity index (χ1) is 19.9. The fourth-order valence-electron chi connectivity index (χ4n) is 4.56. The van der Waals surface area contributed by atoms with Crippen LogP contribution < -0.4 is 10.5 Å². The fraction of sp³-hybridized carbons (Fsp3) is 0.121. The predicted molar refractivity (Wildman–Crippen MR) is 162 cm³/mol. The van der Waals surface area contributed by atoms with Crippen molar-refractivity contribution < 1.29 is 9.53 Å². The molecule has 2 N–H and O–H groups in total. The predicted octanol–water partition coefficient (Wildman–Crippen LogP) is 6.97. The Kier molecular flexibility index (Phi) is 7.96. The molecular formula is C33H25N5O2S. The maximum absolute atomic E-state index is 13.8. The van der Waals surface area contributed by atoms with Crippen LogP contribution in [-0.2, 0) is 0 Å². The number of thioether (sulfide) groups is 1. The Morgan fingerprint density at radius 1 is 0.927 bits per heavy atom. The van der Waals surface area contributed by atoms with Crippen LogP contribution in [0.5, 0.6) is 5.75 Å². The summed E-state index contributed by atoms with van der Waals surface area (Å²) in [5.74, 6) is 0.508. The zero-order chi connectivity index (χ0) is 28.9. The second-order valence-corrected chi connectivity index (χ2v) is 10.2. The van der Waals surface area contributed by atoms with Crippen molar-refractivity contribution in [2.24, 2.45) is 0 Å². The van der Waals surface area contributed by atoms with E-state index in [0.29, 0.717) is 39.8 Å².